The van der Waals surface area contributed by atoms with Crippen molar-refractivity contribution < 1.29 is 9.18 Å². The summed E-state index contributed by atoms with van der Waals surface area (Å²) >= 11 is 0. The van der Waals surface area contributed by atoms with Crippen molar-refractivity contribution in [3.05, 3.63) is 54.1 Å². The molecule has 8 heteroatoms. The molecule has 1 amide bonds. The van der Waals surface area contributed by atoms with Gasteiger partial charge in [0.2, 0.25) is 11.7 Å². The van der Waals surface area contributed by atoms with E-state index >= 15 is 0 Å². The molecule has 1 saturated heterocycles. The summed E-state index contributed by atoms with van der Waals surface area (Å²) in [5.74, 6) is 0.189. The van der Waals surface area contributed by atoms with Gasteiger partial charge in [0.1, 0.15) is 6.17 Å². The predicted molar refractivity (Wildman–Crippen MR) is 108 cm³/mol. The number of carbonyl (C=O) groups excluding carboxylic acids is 1. The summed E-state index contributed by atoms with van der Waals surface area (Å²) in [5.41, 5.74) is 10.1. The summed E-state index contributed by atoms with van der Waals surface area (Å²) in [6.45, 7) is 2.52. The van der Waals surface area contributed by atoms with E-state index in [1.165, 1.54) is 4.90 Å². The van der Waals surface area contributed by atoms with Gasteiger partial charge in [-0.1, -0.05) is 49.4 Å². The van der Waals surface area contributed by atoms with Crippen molar-refractivity contribution in [1.82, 2.24) is 25.5 Å². The third-order valence-electron chi connectivity index (χ3n) is 5.50. The molecule has 3 atom stereocenters. The number of nitrogens with zero attached hydrogens (tertiary/aromatic N) is 4. The maximum Gasteiger partial charge on any atom is 0.240 e. The first-order valence-electron chi connectivity index (χ1n) is 9.65. The van der Waals surface area contributed by atoms with Gasteiger partial charge in [-0.3, -0.25) is 4.79 Å². The van der Waals surface area contributed by atoms with Gasteiger partial charge in [0, 0.05) is 18.0 Å². The lowest BCUT2D eigenvalue weighted by atomic mass is 9.91. The highest BCUT2D eigenvalue weighted by Crippen LogP contribution is 2.27. The van der Waals surface area contributed by atoms with Gasteiger partial charge < -0.3 is 10.6 Å². The third-order valence-corrected chi connectivity index (χ3v) is 5.50. The van der Waals surface area contributed by atoms with E-state index in [0.717, 1.165) is 22.3 Å². The summed E-state index contributed by atoms with van der Waals surface area (Å²) in [5, 5.41) is 14.1. The van der Waals surface area contributed by atoms with Crippen molar-refractivity contribution in [2.24, 2.45) is 5.73 Å². The summed E-state index contributed by atoms with van der Waals surface area (Å²) in [6.07, 6.45) is -0.547. The molecule has 0 spiro atoms. The molecule has 150 valence electrons. The number of nitrogens with one attached hydrogen (secondary N) is 1. The number of aromatic nitrogens is 4. The highest BCUT2D eigenvalue weighted by Gasteiger charge is 2.32. The molecule has 29 heavy (non-hydrogen) atoms. The lowest BCUT2D eigenvalue weighted by Gasteiger charge is -2.25. The standard InChI is InChI=1S/C21H23FN6O/c1-13(19(23)21(29)28-10-9-18(22)12-28)14-5-7-15(8-6-14)16-3-2-4-17(11-16)20-24-26-27-25-20/h2-8,11,13,18-19H,9-10,12,23H2,1H3,(H,24,25,26,27)/t13-,18-,19?/m0/s1. The zero-order valence-electron chi connectivity index (χ0n) is 16.1. The number of benzene rings is 2. The van der Waals surface area contributed by atoms with Crippen LogP contribution in [0.25, 0.3) is 22.5 Å². The molecule has 0 bridgehead atoms. The third kappa shape index (κ3) is 4.02. The van der Waals surface area contributed by atoms with Crippen LogP contribution in [0.5, 0.6) is 0 Å². The van der Waals surface area contributed by atoms with E-state index in [1.54, 1.807) is 0 Å². The number of hydrogen-bond donors (Lipinski definition) is 2. The molecule has 1 aromatic heterocycles. The number of tetrazole rings is 1. The first-order valence-corrected chi connectivity index (χ1v) is 9.65. The Labute approximate surface area is 168 Å². The van der Waals surface area contributed by atoms with Crippen LogP contribution in [-0.4, -0.2) is 56.7 Å². The van der Waals surface area contributed by atoms with Crippen molar-refractivity contribution in [1.29, 1.82) is 0 Å². The van der Waals surface area contributed by atoms with Gasteiger partial charge in [-0.25, -0.2) is 4.39 Å². The second-order valence-electron chi connectivity index (χ2n) is 7.42. The van der Waals surface area contributed by atoms with Crippen molar-refractivity contribution >= 4 is 5.91 Å². The number of alkyl halides is 1. The van der Waals surface area contributed by atoms with E-state index < -0.39 is 12.2 Å². The SMILES string of the molecule is C[C@@H](c1ccc(-c2cccc(-c3nn[nH]n3)c2)cc1)C(N)C(=O)N1CC[C@H](F)C1. The molecule has 3 aromatic rings. The van der Waals surface area contributed by atoms with Crippen LogP contribution in [0.2, 0.25) is 0 Å². The number of rotatable bonds is 5. The second kappa shape index (κ2) is 8.08. The van der Waals surface area contributed by atoms with Gasteiger partial charge in [0.25, 0.3) is 0 Å². The maximum absolute atomic E-state index is 13.4. The van der Waals surface area contributed by atoms with Gasteiger partial charge in [-0.05, 0) is 34.4 Å². The number of amides is 1. The molecule has 2 aromatic carbocycles. The topological polar surface area (TPSA) is 101 Å². The van der Waals surface area contributed by atoms with Gasteiger partial charge in [0.05, 0.1) is 12.6 Å². The predicted octanol–water partition coefficient (Wildman–Crippen LogP) is 2.53. The maximum atomic E-state index is 13.4. The molecule has 7 nitrogen and oxygen atoms in total. The van der Waals surface area contributed by atoms with E-state index in [0.29, 0.717) is 18.8 Å². The van der Waals surface area contributed by atoms with E-state index in [1.807, 2.05) is 55.5 Å². The molecular weight excluding hydrogens is 371 g/mol. The highest BCUT2D eigenvalue weighted by atomic mass is 19.1. The van der Waals surface area contributed by atoms with Gasteiger partial charge >= 0.3 is 0 Å². The van der Waals surface area contributed by atoms with Crippen molar-refractivity contribution in [2.45, 2.75) is 31.5 Å². The van der Waals surface area contributed by atoms with E-state index in [4.69, 9.17) is 5.73 Å². The monoisotopic (exact) mass is 394 g/mol. The van der Waals surface area contributed by atoms with E-state index in [9.17, 15) is 9.18 Å². The van der Waals surface area contributed by atoms with Crippen LogP contribution >= 0.6 is 0 Å². The number of carbonyl (C=O) groups is 1. The van der Waals surface area contributed by atoms with Crippen molar-refractivity contribution in [2.75, 3.05) is 13.1 Å². The Balaban J connectivity index is 1.49. The normalized spacial score (nSPS) is 18.6. The van der Waals surface area contributed by atoms with Gasteiger partial charge in [-0.15, -0.1) is 10.2 Å². The zero-order valence-corrected chi connectivity index (χ0v) is 16.1. The summed E-state index contributed by atoms with van der Waals surface area (Å²) < 4.78 is 13.4. The van der Waals surface area contributed by atoms with Gasteiger partial charge in [0.15, 0.2) is 0 Å². The minimum atomic E-state index is -0.941. The minimum absolute atomic E-state index is 0.148. The summed E-state index contributed by atoms with van der Waals surface area (Å²) in [6, 6.07) is 15.2. The highest BCUT2D eigenvalue weighted by molar-refractivity contribution is 5.83. The molecule has 1 fully saturated rings. The van der Waals surface area contributed by atoms with Crippen LogP contribution in [0.1, 0.15) is 24.8 Å². The molecule has 0 aliphatic carbocycles. The Morgan fingerprint density at radius 1 is 1.21 bits per heavy atom. The molecule has 1 unspecified atom stereocenters. The zero-order chi connectivity index (χ0) is 20.4. The minimum Gasteiger partial charge on any atom is -0.338 e. The summed E-state index contributed by atoms with van der Waals surface area (Å²) in [4.78, 5) is 14.1. The first-order chi connectivity index (χ1) is 14.0. The Morgan fingerprint density at radius 2 is 1.97 bits per heavy atom. The molecular formula is C21H23FN6O. The number of halogens is 1. The average Bonchev–Trinajstić information content (AvgIpc) is 3.44. The van der Waals surface area contributed by atoms with Crippen LogP contribution in [-0.2, 0) is 4.79 Å². The lowest BCUT2D eigenvalue weighted by molar-refractivity contribution is -0.132. The number of hydrogen-bond acceptors (Lipinski definition) is 5. The molecule has 0 radical (unpaired) electrons. The fraction of sp³-hybridized carbons (Fsp3) is 0.333. The summed E-state index contributed by atoms with van der Waals surface area (Å²) in [7, 11) is 0. The lowest BCUT2D eigenvalue weighted by Crippen LogP contribution is -2.45. The van der Waals surface area contributed by atoms with Crippen LogP contribution in [0.4, 0.5) is 4.39 Å². The van der Waals surface area contributed by atoms with Gasteiger partial charge in [-0.2, -0.15) is 5.21 Å². The first kappa shape index (κ1) is 19.2. The van der Waals surface area contributed by atoms with Crippen LogP contribution in [0, 0.1) is 0 Å². The van der Waals surface area contributed by atoms with Crippen LogP contribution < -0.4 is 5.73 Å². The van der Waals surface area contributed by atoms with Crippen LogP contribution in [0.15, 0.2) is 48.5 Å². The van der Waals surface area contributed by atoms with Crippen molar-refractivity contribution in [3.8, 4) is 22.5 Å². The Morgan fingerprint density at radius 3 is 2.62 bits per heavy atom. The molecule has 0 saturated carbocycles. The number of H-pyrrole nitrogens is 1. The quantitative estimate of drug-likeness (QED) is 0.693. The molecule has 3 N–H and O–H groups in total. The van der Waals surface area contributed by atoms with Crippen molar-refractivity contribution in [3.63, 3.8) is 0 Å². The Kier molecular flexibility index (Phi) is 5.35. The number of likely N-dealkylation sites (tertiary alicyclic amines) is 1. The average molecular weight is 394 g/mol. The molecule has 4 rings (SSSR count). The van der Waals surface area contributed by atoms with E-state index in [2.05, 4.69) is 20.6 Å². The fourth-order valence-corrected chi connectivity index (χ4v) is 3.65. The van der Waals surface area contributed by atoms with Crippen LogP contribution in [0.3, 0.4) is 0 Å². The largest absolute Gasteiger partial charge is 0.338 e. The fourth-order valence-electron chi connectivity index (χ4n) is 3.65. The second-order valence-corrected chi connectivity index (χ2v) is 7.42. The smallest absolute Gasteiger partial charge is 0.240 e. The molecule has 1 aliphatic rings. The molecule has 2 heterocycles. The Hall–Kier alpha value is -3.13. The number of nitrogens with two attached hydrogens (primary N) is 1. The Bertz CT molecular complexity index is 975. The van der Waals surface area contributed by atoms with E-state index in [-0.39, 0.29) is 18.4 Å². The number of aromatic amines is 1. The molecule has 1 aliphatic heterocycles.